The largest absolute Gasteiger partial charge is 0.356 e. The number of benzene rings is 2. The van der Waals surface area contributed by atoms with Crippen LogP contribution in [0, 0.1) is 0 Å². The summed E-state index contributed by atoms with van der Waals surface area (Å²) >= 11 is 5.78. The van der Waals surface area contributed by atoms with Gasteiger partial charge in [-0.15, -0.1) is 0 Å². The van der Waals surface area contributed by atoms with E-state index in [1.54, 1.807) is 30.3 Å². The normalized spacial score (nSPS) is 10.5. The Morgan fingerprint density at radius 1 is 1.04 bits per heavy atom. The van der Waals surface area contributed by atoms with Gasteiger partial charge in [0.25, 0.3) is 0 Å². The molecule has 2 amide bonds. The fraction of sp³-hybridized carbons (Fsp3) is 0.118. The van der Waals surface area contributed by atoms with Gasteiger partial charge in [-0.3, -0.25) is 9.59 Å². The zero-order chi connectivity index (χ0) is 16.9. The number of hydrogen-bond acceptors (Lipinski definition) is 4. The maximum absolute atomic E-state index is 12.0. The molecule has 0 unspecified atom stereocenters. The van der Waals surface area contributed by atoms with Crippen molar-refractivity contribution in [2.45, 2.75) is 6.42 Å². The molecule has 3 aromatic rings. The van der Waals surface area contributed by atoms with Gasteiger partial charge in [-0.25, -0.2) is 0 Å². The Morgan fingerprint density at radius 3 is 2.58 bits per heavy atom. The molecule has 1 heterocycles. The number of rotatable bonds is 5. The number of nitrogens with one attached hydrogen (secondary N) is 2. The van der Waals surface area contributed by atoms with Gasteiger partial charge in [-0.1, -0.05) is 28.9 Å². The van der Waals surface area contributed by atoms with Gasteiger partial charge >= 0.3 is 0 Å². The molecule has 0 saturated heterocycles. The molecule has 122 valence electrons. The lowest BCUT2D eigenvalue weighted by Crippen LogP contribution is -2.33. The average molecular weight is 344 g/mol. The van der Waals surface area contributed by atoms with Crippen LogP contribution < -0.4 is 10.6 Å². The lowest BCUT2D eigenvalue weighted by atomic mass is 10.1. The molecule has 2 aromatic carbocycles. The van der Waals surface area contributed by atoms with Crippen molar-refractivity contribution in [3.8, 4) is 0 Å². The number of hydrogen-bond donors (Lipinski definition) is 2. The summed E-state index contributed by atoms with van der Waals surface area (Å²) in [5.74, 6) is -0.629. The third kappa shape index (κ3) is 3.91. The molecule has 0 spiro atoms. The highest BCUT2D eigenvalue weighted by Gasteiger charge is 2.12. The van der Waals surface area contributed by atoms with Crippen molar-refractivity contribution < 1.29 is 14.1 Å². The number of amides is 2. The number of carbonyl (C=O) groups is 2. The molecule has 3 rings (SSSR count). The van der Waals surface area contributed by atoms with Crippen LogP contribution in [0.25, 0.3) is 11.0 Å². The van der Waals surface area contributed by atoms with E-state index >= 15 is 0 Å². The topological polar surface area (TPSA) is 84.2 Å². The van der Waals surface area contributed by atoms with E-state index in [-0.39, 0.29) is 24.8 Å². The number of nitrogens with zero attached hydrogens (tertiary/aromatic N) is 1. The van der Waals surface area contributed by atoms with Crippen LogP contribution in [0.4, 0.5) is 5.69 Å². The molecule has 6 nitrogen and oxygen atoms in total. The Morgan fingerprint density at radius 2 is 1.79 bits per heavy atom. The standard InChI is InChI=1S/C17H14ClN3O3/c18-11-5-7-12(8-6-11)20-17(23)10-19-16(22)9-14-13-3-1-2-4-15(13)24-21-14/h1-8H,9-10H2,(H,19,22)(H,20,23). The summed E-state index contributed by atoms with van der Waals surface area (Å²) in [6.07, 6.45) is 0.0469. The van der Waals surface area contributed by atoms with E-state index in [1.807, 2.05) is 18.2 Å². The predicted molar refractivity (Wildman–Crippen MR) is 90.8 cm³/mol. The number of fused-ring (bicyclic) bond motifs is 1. The van der Waals surface area contributed by atoms with Gasteiger partial charge in [0.05, 0.1) is 13.0 Å². The molecule has 0 bridgehead atoms. The zero-order valence-electron chi connectivity index (χ0n) is 12.6. The summed E-state index contributed by atoms with van der Waals surface area (Å²) in [6, 6.07) is 14.0. The average Bonchev–Trinajstić information content (AvgIpc) is 2.98. The number of halogens is 1. The molecule has 0 atom stereocenters. The molecule has 0 radical (unpaired) electrons. The van der Waals surface area contributed by atoms with E-state index in [4.69, 9.17) is 16.1 Å². The van der Waals surface area contributed by atoms with Gasteiger partial charge in [-0.2, -0.15) is 0 Å². The smallest absolute Gasteiger partial charge is 0.243 e. The van der Waals surface area contributed by atoms with E-state index in [1.165, 1.54) is 0 Å². The van der Waals surface area contributed by atoms with Crippen molar-refractivity contribution in [3.63, 3.8) is 0 Å². The molecule has 1 aromatic heterocycles. The van der Waals surface area contributed by atoms with Gasteiger partial charge in [0.15, 0.2) is 5.58 Å². The predicted octanol–water partition coefficient (Wildman–Crippen LogP) is 2.78. The SMILES string of the molecule is O=C(Cc1noc2ccccc12)NCC(=O)Nc1ccc(Cl)cc1. The molecule has 7 heteroatoms. The lowest BCUT2D eigenvalue weighted by molar-refractivity contribution is -0.123. The van der Waals surface area contributed by atoms with Crippen molar-refractivity contribution in [2.75, 3.05) is 11.9 Å². The first-order valence-corrected chi connectivity index (χ1v) is 7.65. The lowest BCUT2D eigenvalue weighted by Gasteiger charge is -2.06. The minimum absolute atomic E-state index is 0.0469. The zero-order valence-corrected chi connectivity index (χ0v) is 13.3. The van der Waals surface area contributed by atoms with Gasteiger partial charge < -0.3 is 15.2 Å². The van der Waals surface area contributed by atoms with E-state index in [0.717, 1.165) is 5.39 Å². The van der Waals surface area contributed by atoms with E-state index in [0.29, 0.717) is 22.0 Å². The second-order valence-electron chi connectivity index (χ2n) is 5.13. The Balaban J connectivity index is 1.52. The van der Waals surface area contributed by atoms with E-state index < -0.39 is 0 Å². The highest BCUT2D eigenvalue weighted by atomic mass is 35.5. The molecular formula is C17H14ClN3O3. The summed E-state index contributed by atoms with van der Waals surface area (Å²) in [5, 5.41) is 10.5. The van der Waals surface area contributed by atoms with Gasteiger partial charge in [0.1, 0.15) is 5.69 Å². The van der Waals surface area contributed by atoms with Crippen molar-refractivity contribution in [3.05, 3.63) is 59.2 Å². The van der Waals surface area contributed by atoms with Crippen LogP contribution in [-0.4, -0.2) is 23.5 Å². The number of para-hydroxylation sites is 1. The van der Waals surface area contributed by atoms with Gasteiger partial charge in [0, 0.05) is 16.1 Å². The first kappa shape index (κ1) is 16.0. The Hall–Kier alpha value is -2.86. The molecule has 24 heavy (non-hydrogen) atoms. The minimum atomic E-state index is -0.323. The quantitative estimate of drug-likeness (QED) is 0.746. The van der Waals surface area contributed by atoms with Crippen LogP contribution in [-0.2, 0) is 16.0 Å². The summed E-state index contributed by atoms with van der Waals surface area (Å²) in [6.45, 7) is -0.128. The highest BCUT2D eigenvalue weighted by molar-refractivity contribution is 6.30. The molecular weight excluding hydrogens is 330 g/mol. The van der Waals surface area contributed by atoms with Crippen LogP contribution in [0.1, 0.15) is 5.69 Å². The molecule has 2 N–H and O–H groups in total. The second-order valence-corrected chi connectivity index (χ2v) is 5.57. The van der Waals surface area contributed by atoms with Crippen LogP contribution in [0.15, 0.2) is 53.1 Å². The molecule has 0 aliphatic heterocycles. The van der Waals surface area contributed by atoms with Crippen molar-refractivity contribution in [2.24, 2.45) is 0 Å². The fourth-order valence-corrected chi connectivity index (χ4v) is 2.32. The first-order chi connectivity index (χ1) is 11.6. The first-order valence-electron chi connectivity index (χ1n) is 7.27. The third-order valence-corrected chi connectivity index (χ3v) is 3.61. The van der Waals surface area contributed by atoms with E-state index in [2.05, 4.69) is 15.8 Å². The van der Waals surface area contributed by atoms with Crippen LogP contribution in [0.2, 0.25) is 5.02 Å². The van der Waals surface area contributed by atoms with E-state index in [9.17, 15) is 9.59 Å². The minimum Gasteiger partial charge on any atom is -0.356 e. The van der Waals surface area contributed by atoms with Crippen LogP contribution >= 0.6 is 11.6 Å². The third-order valence-electron chi connectivity index (χ3n) is 3.35. The number of carbonyl (C=O) groups excluding carboxylic acids is 2. The molecule has 0 aliphatic carbocycles. The summed E-state index contributed by atoms with van der Waals surface area (Å²) < 4.78 is 5.14. The van der Waals surface area contributed by atoms with Gasteiger partial charge in [-0.05, 0) is 36.4 Å². The van der Waals surface area contributed by atoms with Crippen LogP contribution in [0.3, 0.4) is 0 Å². The highest BCUT2D eigenvalue weighted by Crippen LogP contribution is 2.18. The molecule has 0 aliphatic rings. The Kier molecular flexibility index (Phi) is 4.77. The Labute approximate surface area is 142 Å². The second kappa shape index (κ2) is 7.14. The monoisotopic (exact) mass is 343 g/mol. The number of aromatic nitrogens is 1. The van der Waals surface area contributed by atoms with Gasteiger partial charge in [0.2, 0.25) is 11.8 Å². The summed E-state index contributed by atoms with van der Waals surface area (Å²) in [5.41, 5.74) is 1.78. The maximum atomic E-state index is 12.0. The fourth-order valence-electron chi connectivity index (χ4n) is 2.20. The van der Waals surface area contributed by atoms with Crippen molar-refractivity contribution >= 4 is 40.1 Å². The maximum Gasteiger partial charge on any atom is 0.243 e. The van der Waals surface area contributed by atoms with Crippen molar-refractivity contribution in [1.82, 2.24) is 10.5 Å². The summed E-state index contributed by atoms with van der Waals surface area (Å²) in [7, 11) is 0. The molecule has 0 fully saturated rings. The molecule has 0 saturated carbocycles. The Bertz CT molecular complexity index is 874. The van der Waals surface area contributed by atoms with Crippen LogP contribution in [0.5, 0.6) is 0 Å². The number of anilines is 1. The summed E-state index contributed by atoms with van der Waals surface area (Å²) in [4.78, 5) is 23.8. The van der Waals surface area contributed by atoms with Crippen molar-refractivity contribution in [1.29, 1.82) is 0 Å².